The van der Waals surface area contributed by atoms with Crippen LogP contribution in [0.2, 0.25) is 0 Å². The third-order valence-electron chi connectivity index (χ3n) is 3.94. The first-order valence-corrected chi connectivity index (χ1v) is 7.00. The quantitative estimate of drug-likeness (QED) is 0.647. The topological polar surface area (TPSA) is 36.4 Å². The molecule has 0 radical (unpaired) electrons. The van der Waals surface area contributed by atoms with Gasteiger partial charge in [-0.25, -0.2) is 4.39 Å². The summed E-state index contributed by atoms with van der Waals surface area (Å²) in [6.07, 6.45) is 4.60. The molecule has 0 bridgehead atoms. The minimum Gasteiger partial charge on any atom is -0.354 e. The smallest absolute Gasteiger partial charge is 0.191 e. The molecule has 0 aliphatic heterocycles. The van der Waals surface area contributed by atoms with Crippen LogP contribution in [0.5, 0.6) is 0 Å². The predicted octanol–water partition coefficient (Wildman–Crippen LogP) is 2.40. The highest BCUT2D eigenvalue weighted by molar-refractivity contribution is 5.80. The van der Waals surface area contributed by atoms with Crippen LogP contribution in [0, 0.1) is 5.82 Å². The van der Waals surface area contributed by atoms with E-state index in [0.717, 1.165) is 24.4 Å². The van der Waals surface area contributed by atoms with Crippen LogP contribution < -0.4 is 10.6 Å². The molecule has 3 nitrogen and oxygen atoms in total. The molecule has 2 aliphatic carbocycles. The zero-order valence-electron chi connectivity index (χ0n) is 11.2. The molecular weight excluding hydrogens is 241 g/mol. The Morgan fingerprint density at radius 3 is 2.58 bits per heavy atom. The van der Waals surface area contributed by atoms with E-state index in [9.17, 15) is 4.39 Å². The van der Waals surface area contributed by atoms with E-state index in [0.29, 0.717) is 18.0 Å². The summed E-state index contributed by atoms with van der Waals surface area (Å²) in [5, 5.41) is 6.82. The number of aliphatic imine (C=N–C) groups is 1. The largest absolute Gasteiger partial charge is 0.354 e. The Hall–Kier alpha value is -1.58. The third-order valence-corrected chi connectivity index (χ3v) is 3.94. The summed E-state index contributed by atoms with van der Waals surface area (Å²) in [5.74, 6) is 1.25. The second-order valence-electron chi connectivity index (χ2n) is 5.56. The number of hydrogen-bond acceptors (Lipinski definition) is 1. The van der Waals surface area contributed by atoms with Crippen LogP contribution in [0.15, 0.2) is 29.3 Å². The standard InChI is InChI=1S/C15H20FN3/c1-17-15(18-13-5-6-13)19-14-8-11(9-14)10-3-2-4-12(16)7-10/h2-4,7,11,13-14H,5-6,8-9H2,1H3,(H2,17,18,19). The Morgan fingerprint density at radius 2 is 1.95 bits per heavy atom. The van der Waals surface area contributed by atoms with E-state index in [2.05, 4.69) is 15.6 Å². The van der Waals surface area contributed by atoms with E-state index >= 15 is 0 Å². The van der Waals surface area contributed by atoms with Crippen LogP contribution in [0.4, 0.5) is 4.39 Å². The van der Waals surface area contributed by atoms with Crippen molar-refractivity contribution in [1.82, 2.24) is 10.6 Å². The molecule has 2 fully saturated rings. The highest BCUT2D eigenvalue weighted by atomic mass is 19.1. The minimum atomic E-state index is -0.139. The van der Waals surface area contributed by atoms with Crippen molar-refractivity contribution in [3.05, 3.63) is 35.6 Å². The number of benzene rings is 1. The van der Waals surface area contributed by atoms with Crippen LogP contribution in [0.1, 0.15) is 37.2 Å². The molecule has 2 aliphatic rings. The molecule has 0 aromatic heterocycles. The number of guanidine groups is 1. The van der Waals surface area contributed by atoms with E-state index in [1.165, 1.54) is 18.9 Å². The first-order valence-electron chi connectivity index (χ1n) is 7.00. The van der Waals surface area contributed by atoms with E-state index < -0.39 is 0 Å². The Balaban J connectivity index is 1.49. The number of halogens is 1. The molecule has 0 amide bonds. The normalized spacial score (nSPS) is 26.7. The van der Waals surface area contributed by atoms with E-state index in [-0.39, 0.29) is 5.82 Å². The van der Waals surface area contributed by atoms with Crippen molar-refractivity contribution in [2.75, 3.05) is 7.05 Å². The van der Waals surface area contributed by atoms with Crippen molar-refractivity contribution in [2.24, 2.45) is 4.99 Å². The molecule has 1 aromatic carbocycles. The monoisotopic (exact) mass is 261 g/mol. The third kappa shape index (κ3) is 3.06. The highest BCUT2D eigenvalue weighted by Gasteiger charge is 2.32. The molecule has 1 aromatic rings. The van der Waals surface area contributed by atoms with Crippen molar-refractivity contribution in [1.29, 1.82) is 0 Å². The molecular formula is C15H20FN3. The maximum absolute atomic E-state index is 13.2. The first-order chi connectivity index (χ1) is 9.24. The summed E-state index contributed by atoms with van der Waals surface area (Å²) < 4.78 is 13.2. The van der Waals surface area contributed by atoms with Crippen molar-refractivity contribution in [3.8, 4) is 0 Å². The van der Waals surface area contributed by atoms with Crippen molar-refractivity contribution >= 4 is 5.96 Å². The Bertz CT molecular complexity index is 476. The Morgan fingerprint density at radius 1 is 1.21 bits per heavy atom. The van der Waals surface area contributed by atoms with Crippen LogP contribution in [0.3, 0.4) is 0 Å². The summed E-state index contributed by atoms with van der Waals surface area (Å²) in [7, 11) is 1.81. The zero-order valence-corrected chi connectivity index (χ0v) is 11.2. The summed E-state index contributed by atoms with van der Waals surface area (Å²) in [6.45, 7) is 0. The van der Waals surface area contributed by atoms with Gasteiger partial charge < -0.3 is 10.6 Å². The fraction of sp³-hybridized carbons (Fsp3) is 0.533. The van der Waals surface area contributed by atoms with Gasteiger partial charge in [0.05, 0.1) is 0 Å². The zero-order chi connectivity index (χ0) is 13.2. The lowest BCUT2D eigenvalue weighted by Crippen LogP contribution is -2.49. The van der Waals surface area contributed by atoms with Gasteiger partial charge in [-0.3, -0.25) is 4.99 Å². The molecule has 0 atom stereocenters. The lowest BCUT2D eigenvalue weighted by atomic mass is 9.76. The molecule has 3 rings (SSSR count). The fourth-order valence-electron chi connectivity index (χ4n) is 2.55. The van der Waals surface area contributed by atoms with Gasteiger partial charge in [-0.15, -0.1) is 0 Å². The van der Waals surface area contributed by atoms with Gasteiger partial charge in [-0.2, -0.15) is 0 Å². The Labute approximate surface area is 113 Å². The van der Waals surface area contributed by atoms with Gasteiger partial charge in [-0.1, -0.05) is 12.1 Å². The van der Waals surface area contributed by atoms with E-state index in [1.54, 1.807) is 19.2 Å². The number of nitrogens with zero attached hydrogens (tertiary/aromatic N) is 1. The summed E-state index contributed by atoms with van der Waals surface area (Å²) in [4.78, 5) is 4.24. The van der Waals surface area contributed by atoms with Gasteiger partial charge in [0.25, 0.3) is 0 Å². The van der Waals surface area contributed by atoms with Crippen LogP contribution in [0.25, 0.3) is 0 Å². The van der Waals surface area contributed by atoms with Crippen LogP contribution >= 0.6 is 0 Å². The molecule has 0 unspecified atom stereocenters. The lowest BCUT2D eigenvalue weighted by molar-refractivity contribution is 0.321. The number of rotatable bonds is 3. The van der Waals surface area contributed by atoms with Crippen LogP contribution in [-0.2, 0) is 0 Å². The molecule has 2 saturated carbocycles. The van der Waals surface area contributed by atoms with Crippen molar-refractivity contribution in [2.45, 2.75) is 43.7 Å². The predicted molar refractivity (Wildman–Crippen MR) is 74.8 cm³/mol. The highest BCUT2D eigenvalue weighted by Crippen LogP contribution is 2.37. The summed E-state index contributed by atoms with van der Waals surface area (Å²) in [6, 6.07) is 8.03. The molecule has 2 N–H and O–H groups in total. The van der Waals surface area contributed by atoms with Gasteiger partial charge in [0.2, 0.25) is 0 Å². The van der Waals surface area contributed by atoms with Gasteiger partial charge in [0.15, 0.2) is 5.96 Å². The van der Waals surface area contributed by atoms with E-state index in [4.69, 9.17) is 0 Å². The molecule has 102 valence electrons. The second kappa shape index (κ2) is 5.19. The average molecular weight is 261 g/mol. The van der Waals surface area contributed by atoms with Gasteiger partial charge in [0, 0.05) is 19.1 Å². The van der Waals surface area contributed by atoms with Crippen LogP contribution in [-0.4, -0.2) is 25.1 Å². The van der Waals surface area contributed by atoms with Gasteiger partial charge >= 0.3 is 0 Å². The number of hydrogen-bond donors (Lipinski definition) is 2. The molecule has 0 heterocycles. The molecule has 0 spiro atoms. The van der Waals surface area contributed by atoms with Gasteiger partial charge in [0.1, 0.15) is 5.82 Å². The molecule has 4 heteroatoms. The molecule has 19 heavy (non-hydrogen) atoms. The average Bonchev–Trinajstić information content (AvgIpc) is 3.15. The molecule has 0 saturated heterocycles. The Kier molecular flexibility index (Phi) is 3.40. The van der Waals surface area contributed by atoms with Gasteiger partial charge in [-0.05, 0) is 49.3 Å². The lowest BCUT2D eigenvalue weighted by Gasteiger charge is -2.37. The second-order valence-corrected chi connectivity index (χ2v) is 5.56. The van der Waals surface area contributed by atoms with Crippen molar-refractivity contribution in [3.63, 3.8) is 0 Å². The fourth-order valence-corrected chi connectivity index (χ4v) is 2.55. The van der Waals surface area contributed by atoms with Crippen molar-refractivity contribution < 1.29 is 4.39 Å². The first kappa shape index (κ1) is 12.5. The van der Waals surface area contributed by atoms with E-state index in [1.807, 2.05) is 6.07 Å². The maximum atomic E-state index is 13.2. The minimum absolute atomic E-state index is 0.139. The summed E-state index contributed by atoms with van der Waals surface area (Å²) in [5.41, 5.74) is 1.11. The summed E-state index contributed by atoms with van der Waals surface area (Å²) >= 11 is 0. The SMILES string of the molecule is CN=C(NC1CC1)NC1CC(c2cccc(F)c2)C1. The maximum Gasteiger partial charge on any atom is 0.191 e. The number of nitrogens with one attached hydrogen (secondary N) is 2.